The van der Waals surface area contributed by atoms with Crippen LogP contribution in [0.1, 0.15) is 44.6 Å². The molecular formula is C22H33N3O4S. The summed E-state index contributed by atoms with van der Waals surface area (Å²) in [5.41, 5.74) is 0.997. The zero-order valence-corrected chi connectivity index (χ0v) is 18.7. The number of hydrogen-bond donors (Lipinski definition) is 2. The molecule has 166 valence electrons. The van der Waals surface area contributed by atoms with E-state index in [1.165, 1.54) is 0 Å². The zero-order valence-electron chi connectivity index (χ0n) is 17.8. The van der Waals surface area contributed by atoms with Crippen molar-refractivity contribution in [3.05, 3.63) is 35.9 Å². The van der Waals surface area contributed by atoms with Gasteiger partial charge in [0, 0.05) is 12.1 Å². The Morgan fingerprint density at radius 1 is 1.17 bits per heavy atom. The first-order valence-electron chi connectivity index (χ1n) is 10.9. The van der Waals surface area contributed by atoms with Crippen molar-refractivity contribution in [1.82, 2.24) is 15.5 Å². The molecule has 2 N–H and O–H groups in total. The number of sulfone groups is 1. The van der Waals surface area contributed by atoms with Crippen LogP contribution in [0.15, 0.2) is 30.3 Å². The summed E-state index contributed by atoms with van der Waals surface area (Å²) in [5, 5.41) is 5.82. The van der Waals surface area contributed by atoms with Gasteiger partial charge in [-0.25, -0.2) is 8.42 Å². The molecule has 30 heavy (non-hydrogen) atoms. The van der Waals surface area contributed by atoms with Crippen LogP contribution in [0, 0.1) is 0 Å². The van der Waals surface area contributed by atoms with Gasteiger partial charge < -0.3 is 15.5 Å². The van der Waals surface area contributed by atoms with E-state index in [-0.39, 0.29) is 41.4 Å². The fourth-order valence-electron chi connectivity index (χ4n) is 4.65. The van der Waals surface area contributed by atoms with Crippen molar-refractivity contribution < 1.29 is 18.0 Å². The summed E-state index contributed by atoms with van der Waals surface area (Å²) in [6.07, 6.45) is 4.06. The van der Waals surface area contributed by atoms with Crippen LogP contribution >= 0.6 is 0 Å². The fraction of sp³-hybridized carbons (Fsp3) is 0.636. The molecule has 2 amide bonds. The molecule has 1 aromatic carbocycles. The number of carbonyl (C=O) groups excluding carboxylic acids is 2. The van der Waals surface area contributed by atoms with E-state index < -0.39 is 15.9 Å². The molecule has 4 atom stereocenters. The van der Waals surface area contributed by atoms with Gasteiger partial charge >= 0.3 is 0 Å². The molecule has 2 aliphatic heterocycles. The van der Waals surface area contributed by atoms with E-state index in [1.807, 2.05) is 37.3 Å². The normalized spacial score (nSPS) is 25.1. The van der Waals surface area contributed by atoms with Crippen molar-refractivity contribution >= 4 is 21.7 Å². The maximum atomic E-state index is 13.1. The van der Waals surface area contributed by atoms with Crippen LogP contribution < -0.4 is 10.6 Å². The number of hydrogen-bond acceptors (Lipinski definition) is 5. The fourth-order valence-corrected chi connectivity index (χ4v) is 6.28. The smallest absolute Gasteiger partial charge is 0.245 e. The third-order valence-corrected chi connectivity index (χ3v) is 8.06. The van der Waals surface area contributed by atoms with Gasteiger partial charge in [-0.2, -0.15) is 0 Å². The minimum Gasteiger partial charge on any atom is -0.343 e. The summed E-state index contributed by atoms with van der Waals surface area (Å²) >= 11 is 0. The quantitative estimate of drug-likeness (QED) is 0.609. The Bertz CT molecular complexity index is 839. The zero-order chi connectivity index (χ0) is 21.7. The third-order valence-electron chi connectivity index (χ3n) is 6.34. The van der Waals surface area contributed by atoms with E-state index >= 15 is 0 Å². The number of carbonyl (C=O) groups is 2. The van der Waals surface area contributed by atoms with Crippen molar-refractivity contribution in [3.8, 4) is 0 Å². The van der Waals surface area contributed by atoms with E-state index in [0.717, 1.165) is 18.4 Å². The van der Waals surface area contributed by atoms with Gasteiger partial charge in [0.1, 0.15) is 6.04 Å². The Balaban J connectivity index is 1.61. The summed E-state index contributed by atoms with van der Waals surface area (Å²) < 4.78 is 25.5. The van der Waals surface area contributed by atoms with Gasteiger partial charge in [0.15, 0.2) is 9.84 Å². The van der Waals surface area contributed by atoms with Gasteiger partial charge in [-0.05, 0) is 51.1 Å². The highest BCUT2D eigenvalue weighted by molar-refractivity contribution is 7.91. The maximum Gasteiger partial charge on any atom is 0.245 e. The number of piperidine rings is 1. The molecule has 0 aliphatic carbocycles. The lowest BCUT2D eigenvalue weighted by atomic mass is 9.97. The van der Waals surface area contributed by atoms with Crippen LogP contribution in [0.5, 0.6) is 0 Å². The second-order valence-electron chi connectivity index (χ2n) is 8.37. The highest BCUT2D eigenvalue weighted by Crippen LogP contribution is 2.33. The van der Waals surface area contributed by atoms with Crippen LogP contribution in [0.4, 0.5) is 0 Å². The number of amides is 2. The Morgan fingerprint density at radius 2 is 1.87 bits per heavy atom. The SMILES string of the molecule is CCC(NC)C(=O)NC1CCC2CCC(CS(=O)(=O)CCc3ccccc3)N2C1=O. The molecule has 0 radical (unpaired) electrons. The first-order valence-corrected chi connectivity index (χ1v) is 12.7. The molecule has 2 aliphatic rings. The second-order valence-corrected chi connectivity index (χ2v) is 10.6. The number of benzene rings is 1. The lowest BCUT2D eigenvalue weighted by Crippen LogP contribution is -2.59. The van der Waals surface area contributed by atoms with Crippen molar-refractivity contribution in [2.75, 3.05) is 18.6 Å². The molecule has 0 aromatic heterocycles. The van der Waals surface area contributed by atoms with Crippen molar-refractivity contribution in [3.63, 3.8) is 0 Å². The first-order chi connectivity index (χ1) is 14.3. The average molecular weight is 436 g/mol. The highest BCUT2D eigenvalue weighted by atomic mass is 32.2. The van der Waals surface area contributed by atoms with Gasteiger partial charge in [-0.3, -0.25) is 9.59 Å². The van der Waals surface area contributed by atoms with E-state index in [4.69, 9.17) is 0 Å². The molecule has 0 bridgehead atoms. The molecule has 2 saturated heterocycles. The Kier molecular flexibility index (Phi) is 7.52. The third kappa shape index (κ3) is 5.40. The predicted molar refractivity (Wildman–Crippen MR) is 117 cm³/mol. The molecule has 1 aromatic rings. The number of likely N-dealkylation sites (N-methyl/N-ethyl adjacent to an activating group) is 1. The second kappa shape index (κ2) is 9.92. The number of rotatable bonds is 9. The molecule has 0 spiro atoms. The summed E-state index contributed by atoms with van der Waals surface area (Å²) in [4.78, 5) is 27.3. The van der Waals surface area contributed by atoms with E-state index in [9.17, 15) is 18.0 Å². The lowest BCUT2D eigenvalue weighted by molar-refractivity contribution is -0.142. The van der Waals surface area contributed by atoms with Crippen molar-refractivity contribution in [2.45, 2.75) is 69.6 Å². The van der Waals surface area contributed by atoms with Gasteiger partial charge in [-0.15, -0.1) is 0 Å². The highest BCUT2D eigenvalue weighted by Gasteiger charge is 2.45. The van der Waals surface area contributed by atoms with Gasteiger partial charge in [0.05, 0.1) is 17.5 Å². The van der Waals surface area contributed by atoms with Crippen LogP contribution in [-0.2, 0) is 25.8 Å². The van der Waals surface area contributed by atoms with Crippen molar-refractivity contribution in [2.24, 2.45) is 0 Å². The summed E-state index contributed by atoms with van der Waals surface area (Å²) in [5.74, 6) is -0.230. The van der Waals surface area contributed by atoms with Crippen LogP contribution in [0.25, 0.3) is 0 Å². The minimum atomic E-state index is -3.29. The Morgan fingerprint density at radius 3 is 2.53 bits per heavy atom. The van der Waals surface area contributed by atoms with Crippen LogP contribution in [0.2, 0.25) is 0 Å². The van der Waals surface area contributed by atoms with Crippen LogP contribution in [0.3, 0.4) is 0 Å². The molecule has 2 heterocycles. The molecule has 0 saturated carbocycles. The maximum absolute atomic E-state index is 13.1. The molecule has 3 rings (SSSR count). The monoisotopic (exact) mass is 435 g/mol. The molecule has 4 unspecified atom stereocenters. The number of nitrogens with one attached hydrogen (secondary N) is 2. The molecule has 2 fully saturated rings. The average Bonchev–Trinajstić information content (AvgIpc) is 3.13. The number of nitrogens with zero attached hydrogens (tertiary/aromatic N) is 1. The number of fused-ring (bicyclic) bond motifs is 1. The van der Waals surface area contributed by atoms with E-state index in [1.54, 1.807) is 11.9 Å². The van der Waals surface area contributed by atoms with E-state index in [0.29, 0.717) is 25.7 Å². The van der Waals surface area contributed by atoms with Crippen LogP contribution in [-0.4, -0.2) is 67.9 Å². The summed E-state index contributed by atoms with van der Waals surface area (Å²) in [6.45, 7) is 1.91. The predicted octanol–water partition coefficient (Wildman–Crippen LogP) is 1.28. The topological polar surface area (TPSA) is 95.6 Å². The van der Waals surface area contributed by atoms with Gasteiger partial charge in [-0.1, -0.05) is 37.3 Å². The summed E-state index contributed by atoms with van der Waals surface area (Å²) in [6, 6.07) is 8.47. The van der Waals surface area contributed by atoms with Crippen molar-refractivity contribution in [1.29, 1.82) is 0 Å². The first kappa shape index (κ1) is 22.7. The standard InChI is InChI=1S/C22H33N3O4S/c1-3-19(23-2)21(26)24-20-12-11-17-9-10-18(25(17)22(20)27)15-30(28,29)14-13-16-7-5-4-6-8-16/h4-8,17-20,23H,3,9-15H2,1-2H3,(H,24,26). The largest absolute Gasteiger partial charge is 0.343 e. The Hall–Kier alpha value is -1.93. The Labute approximate surface area is 179 Å². The molecular weight excluding hydrogens is 402 g/mol. The van der Waals surface area contributed by atoms with E-state index in [2.05, 4.69) is 10.6 Å². The molecule has 7 nitrogen and oxygen atoms in total. The number of aryl methyl sites for hydroxylation is 1. The summed E-state index contributed by atoms with van der Waals surface area (Å²) in [7, 11) is -1.56. The van der Waals surface area contributed by atoms with Gasteiger partial charge in [0.25, 0.3) is 0 Å². The van der Waals surface area contributed by atoms with Gasteiger partial charge in [0.2, 0.25) is 11.8 Å². The minimum absolute atomic E-state index is 0.00313. The lowest BCUT2D eigenvalue weighted by Gasteiger charge is -2.38. The molecule has 8 heteroatoms.